The molecule has 1 rings (SSSR count). The van der Waals surface area contributed by atoms with Gasteiger partial charge >= 0.3 is 0 Å². The molecule has 2 atom stereocenters. The van der Waals surface area contributed by atoms with E-state index in [1.165, 1.54) is 0 Å². The van der Waals surface area contributed by atoms with Crippen molar-refractivity contribution >= 4 is 23.2 Å². The predicted molar refractivity (Wildman–Crippen MR) is 89.9 cm³/mol. The Morgan fingerprint density at radius 1 is 1.25 bits per heavy atom. The molecule has 0 heterocycles. The average Bonchev–Trinajstić information content (AvgIpc) is 2.42. The Kier molecular flexibility index (Phi) is 6.80. The summed E-state index contributed by atoms with van der Waals surface area (Å²) in [6, 6.07) is 6.02. The van der Waals surface area contributed by atoms with Crippen LogP contribution < -0.4 is 5.32 Å². The van der Waals surface area contributed by atoms with Crippen molar-refractivity contribution in [2.24, 2.45) is 0 Å². The zero-order valence-corrected chi connectivity index (χ0v) is 14.6. The van der Waals surface area contributed by atoms with Gasteiger partial charge in [0, 0.05) is 5.54 Å². The van der Waals surface area contributed by atoms with Crippen LogP contribution in [0, 0.1) is 0 Å². The fraction of sp³-hybridized carbons (Fsp3) is 0.625. The Balaban J connectivity index is 3.27. The van der Waals surface area contributed by atoms with Gasteiger partial charge in [0.2, 0.25) is 0 Å². The van der Waals surface area contributed by atoms with Gasteiger partial charge in [-0.15, -0.1) is 0 Å². The molecule has 1 aromatic rings. The van der Waals surface area contributed by atoms with Gasteiger partial charge in [-0.1, -0.05) is 49.2 Å². The maximum atomic E-state index is 6.44. The third-order valence-corrected chi connectivity index (χ3v) is 5.08. The summed E-state index contributed by atoms with van der Waals surface area (Å²) >= 11 is 12.6. The lowest BCUT2D eigenvalue weighted by Crippen LogP contribution is -2.51. The lowest BCUT2D eigenvalue weighted by molar-refractivity contribution is 0.113. The standard InChI is InChI=1S/C16H26Cl2N2/c1-6-11-19-15(16(3,7-2)20(4)5)12-9-8-10-13(17)14(12)18/h8-10,15,19H,6-7,11H2,1-5H3. The number of hydrogen-bond donors (Lipinski definition) is 1. The zero-order chi connectivity index (χ0) is 15.3. The van der Waals surface area contributed by atoms with Gasteiger partial charge < -0.3 is 10.2 Å². The molecule has 0 spiro atoms. The molecule has 2 nitrogen and oxygen atoms in total. The van der Waals surface area contributed by atoms with Crippen LogP contribution in [0.15, 0.2) is 18.2 Å². The quantitative estimate of drug-likeness (QED) is 0.779. The highest BCUT2D eigenvalue weighted by Crippen LogP contribution is 2.38. The van der Waals surface area contributed by atoms with Crippen molar-refractivity contribution in [1.82, 2.24) is 10.2 Å². The van der Waals surface area contributed by atoms with Crippen molar-refractivity contribution in [3.8, 4) is 0 Å². The molecule has 0 aliphatic carbocycles. The Labute approximate surface area is 133 Å². The number of likely N-dealkylation sites (N-methyl/N-ethyl adjacent to an activating group) is 1. The van der Waals surface area contributed by atoms with Crippen LogP contribution in [0.4, 0.5) is 0 Å². The fourth-order valence-corrected chi connectivity index (χ4v) is 2.89. The minimum absolute atomic E-state index is 0.0243. The topological polar surface area (TPSA) is 15.3 Å². The maximum absolute atomic E-state index is 6.44. The molecular weight excluding hydrogens is 291 g/mol. The average molecular weight is 317 g/mol. The molecule has 4 heteroatoms. The first-order valence-corrected chi connectivity index (χ1v) is 7.98. The molecule has 0 bridgehead atoms. The second kappa shape index (κ2) is 7.65. The zero-order valence-electron chi connectivity index (χ0n) is 13.1. The number of hydrogen-bond acceptors (Lipinski definition) is 2. The van der Waals surface area contributed by atoms with Crippen LogP contribution >= 0.6 is 23.2 Å². The first kappa shape index (κ1) is 17.8. The second-order valence-electron chi connectivity index (χ2n) is 5.64. The Morgan fingerprint density at radius 3 is 2.40 bits per heavy atom. The summed E-state index contributed by atoms with van der Waals surface area (Å²) in [6.07, 6.45) is 2.10. The van der Waals surface area contributed by atoms with E-state index in [1.807, 2.05) is 12.1 Å². The van der Waals surface area contributed by atoms with Gasteiger partial charge in [-0.25, -0.2) is 0 Å². The molecule has 0 saturated carbocycles. The monoisotopic (exact) mass is 316 g/mol. The van der Waals surface area contributed by atoms with Gasteiger partial charge in [-0.3, -0.25) is 0 Å². The second-order valence-corrected chi connectivity index (χ2v) is 6.42. The molecule has 1 aromatic carbocycles. The van der Waals surface area contributed by atoms with E-state index in [1.54, 1.807) is 0 Å². The van der Waals surface area contributed by atoms with Gasteiger partial charge in [0.15, 0.2) is 0 Å². The number of nitrogens with one attached hydrogen (secondary N) is 1. The summed E-state index contributed by atoms with van der Waals surface area (Å²) in [6.45, 7) is 7.59. The molecule has 1 N–H and O–H groups in total. The van der Waals surface area contributed by atoms with E-state index in [2.05, 4.69) is 51.1 Å². The predicted octanol–water partition coefficient (Wildman–Crippen LogP) is 4.76. The van der Waals surface area contributed by atoms with E-state index in [4.69, 9.17) is 23.2 Å². The third-order valence-electron chi connectivity index (χ3n) is 4.25. The molecule has 2 unspecified atom stereocenters. The molecule has 0 amide bonds. The molecule has 0 aromatic heterocycles. The van der Waals surface area contributed by atoms with E-state index in [9.17, 15) is 0 Å². The van der Waals surface area contributed by atoms with Crippen molar-refractivity contribution in [1.29, 1.82) is 0 Å². The highest BCUT2D eigenvalue weighted by Gasteiger charge is 2.36. The molecule has 20 heavy (non-hydrogen) atoms. The van der Waals surface area contributed by atoms with Crippen molar-refractivity contribution in [2.45, 2.75) is 45.2 Å². The number of benzene rings is 1. The van der Waals surface area contributed by atoms with Crippen molar-refractivity contribution < 1.29 is 0 Å². The van der Waals surface area contributed by atoms with Crippen LogP contribution in [0.5, 0.6) is 0 Å². The summed E-state index contributed by atoms with van der Waals surface area (Å²) in [5, 5.41) is 4.91. The highest BCUT2D eigenvalue weighted by atomic mass is 35.5. The lowest BCUT2D eigenvalue weighted by atomic mass is 9.83. The Bertz CT molecular complexity index is 434. The normalized spacial score (nSPS) is 16.2. The van der Waals surface area contributed by atoms with Crippen LogP contribution in [0.25, 0.3) is 0 Å². The van der Waals surface area contributed by atoms with Crippen LogP contribution in [-0.2, 0) is 0 Å². The number of nitrogens with zero attached hydrogens (tertiary/aromatic N) is 1. The lowest BCUT2D eigenvalue weighted by Gasteiger charge is -2.43. The van der Waals surface area contributed by atoms with Gasteiger partial charge in [0.25, 0.3) is 0 Å². The van der Waals surface area contributed by atoms with E-state index in [0.29, 0.717) is 10.0 Å². The summed E-state index contributed by atoms with van der Waals surface area (Å²) in [7, 11) is 4.23. The number of halogens is 2. The maximum Gasteiger partial charge on any atom is 0.0640 e. The molecule has 0 saturated heterocycles. The molecule has 114 valence electrons. The minimum atomic E-state index is -0.0243. The van der Waals surface area contributed by atoms with E-state index in [-0.39, 0.29) is 11.6 Å². The van der Waals surface area contributed by atoms with Crippen LogP contribution in [-0.4, -0.2) is 31.1 Å². The SMILES string of the molecule is CCCNC(c1cccc(Cl)c1Cl)C(C)(CC)N(C)C. The third kappa shape index (κ3) is 3.67. The van der Waals surface area contributed by atoms with Crippen LogP contribution in [0.2, 0.25) is 10.0 Å². The molecule has 0 fully saturated rings. The smallest absolute Gasteiger partial charge is 0.0640 e. The van der Waals surface area contributed by atoms with E-state index in [0.717, 1.165) is 24.9 Å². The molecule has 0 aliphatic rings. The van der Waals surface area contributed by atoms with Crippen molar-refractivity contribution in [2.75, 3.05) is 20.6 Å². The van der Waals surface area contributed by atoms with Crippen molar-refractivity contribution in [3.05, 3.63) is 33.8 Å². The molecule has 0 radical (unpaired) electrons. The van der Waals surface area contributed by atoms with Gasteiger partial charge in [-0.05, 0) is 52.0 Å². The van der Waals surface area contributed by atoms with E-state index < -0.39 is 0 Å². The first-order chi connectivity index (χ1) is 9.38. The van der Waals surface area contributed by atoms with Crippen LogP contribution in [0.3, 0.4) is 0 Å². The van der Waals surface area contributed by atoms with Gasteiger partial charge in [0.1, 0.15) is 0 Å². The number of rotatable bonds is 7. The fourth-order valence-electron chi connectivity index (χ4n) is 2.48. The summed E-state index contributed by atoms with van der Waals surface area (Å²) < 4.78 is 0. The van der Waals surface area contributed by atoms with Gasteiger partial charge in [0.05, 0.1) is 16.1 Å². The van der Waals surface area contributed by atoms with Crippen molar-refractivity contribution in [3.63, 3.8) is 0 Å². The Morgan fingerprint density at radius 2 is 1.90 bits per heavy atom. The summed E-state index contributed by atoms with van der Waals surface area (Å²) in [5.41, 5.74) is 1.05. The van der Waals surface area contributed by atoms with Gasteiger partial charge in [-0.2, -0.15) is 0 Å². The highest BCUT2D eigenvalue weighted by molar-refractivity contribution is 6.42. The Hall–Kier alpha value is -0.280. The molecule has 0 aliphatic heterocycles. The first-order valence-electron chi connectivity index (χ1n) is 7.23. The molecular formula is C16H26Cl2N2. The minimum Gasteiger partial charge on any atom is -0.308 e. The van der Waals surface area contributed by atoms with E-state index >= 15 is 0 Å². The summed E-state index contributed by atoms with van der Waals surface area (Å²) in [5.74, 6) is 0. The van der Waals surface area contributed by atoms with Crippen LogP contribution in [0.1, 0.15) is 45.2 Å². The summed E-state index contributed by atoms with van der Waals surface area (Å²) in [4.78, 5) is 2.26. The largest absolute Gasteiger partial charge is 0.308 e.